The lowest BCUT2D eigenvalue weighted by atomic mass is 10.3. The van der Waals surface area contributed by atoms with Crippen LogP contribution in [0.1, 0.15) is 15.5 Å². The molecule has 0 fully saturated rings. The van der Waals surface area contributed by atoms with Crippen molar-refractivity contribution in [1.29, 1.82) is 0 Å². The Bertz CT molecular complexity index is 1030. The van der Waals surface area contributed by atoms with Crippen LogP contribution in [0.15, 0.2) is 46.9 Å². The standard InChI is InChI=1S/C16H15FN4O3S3/c1-27(23,24)18-9-15-19-20-16(21(15)12-6-4-11(17)5-7-12)26-10-13(22)14-3-2-8-25-14/h2-8,18H,9-10H2,1H3. The summed E-state index contributed by atoms with van der Waals surface area (Å²) in [5.74, 6) is 0.0431. The highest BCUT2D eigenvalue weighted by Gasteiger charge is 2.17. The molecule has 0 aliphatic carbocycles. The number of aromatic nitrogens is 3. The zero-order valence-corrected chi connectivity index (χ0v) is 16.6. The molecular formula is C16H15FN4O3S3. The first-order valence-electron chi connectivity index (χ1n) is 7.68. The number of hydrogen-bond donors (Lipinski definition) is 1. The van der Waals surface area contributed by atoms with Crippen molar-refractivity contribution >= 4 is 38.9 Å². The van der Waals surface area contributed by atoms with Gasteiger partial charge in [0.15, 0.2) is 16.8 Å². The van der Waals surface area contributed by atoms with Gasteiger partial charge < -0.3 is 0 Å². The number of rotatable bonds is 8. The molecule has 27 heavy (non-hydrogen) atoms. The van der Waals surface area contributed by atoms with Crippen LogP contribution in [-0.2, 0) is 16.6 Å². The number of nitrogens with zero attached hydrogens (tertiary/aromatic N) is 3. The lowest BCUT2D eigenvalue weighted by Crippen LogP contribution is -2.23. The zero-order chi connectivity index (χ0) is 19.4. The summed E-state index contributed by atoms with van der Waals surface area (Å²) in [7, 11) is -3.42. The SMILES string of the molecule is CS(=O)(=O)NCc1nnc(SCC(=O)c2cccs2)n1-c1ccc(F)cc1. The van der Waals surface area contributed by atoms with Crippen LogP contribution in [0.3, 0.4) is 0 Å². The maximum absolute atomic E-state index is 13.3. The number of carbonyl (C=O) groups excluding carboxylic acids is 1. The molecule has 0 atom stereocenters. The van der Waals surface area contributed by atoms with Crippen molar-refractivity contribution in [2.75, 3.05) is 12.0 Å². The number of halogens is 1. The Balaban J connectivity index is 1.87. The van der Waals surface area contributed by atoms with Crippen LogP contribution in [0.2, 0.25) is 0 Å². The number of carbonyl (C=O) groups is 1. The maximum atomic E-state index is 13.3. The summed E-state index contributed by atoms with van der Waals surface area (Å²) in [6, 6.07) is 9.20. The van der Waals surface area contributed by atoms with Gasteiger partial charge in [0, 0.05) is 5.69 Å². The third-order valence-corrected chi connectivity index (χ3v) is 5.91. The van der Waals surface area contributed by atoms with Crippen LogP contribution < -0.4 is 4.72 Å². The number of sulfonamides is 1. The monoisotopic (exact) mass is 426 g/mol. The van der Waals surface area contributed by atoms with Gasteiger partial charge in [-0.2, -0.15) is 0 Å². The van der Waals surface area contributed by atoms with Gasteiger partial charge in [0.25, 0.3) is 0 Å². The third-order valence-electron chi connectivity index (χ3n) is 3.41. The normalized spacial score (nSPS) is 11.6. The van der Waals surface area contributed by atoms with Crippen molar-refractivity contribution in [1.82, 2.24) is 19.5 Å². The lowest BCUT2D eigenvalue weighted by molar-refractivity contribution is 0.102. The van der Waals surface area contributed by atoms with Crippen molar-refractivity contribution in [2.45, 2.75) is 11.7 Å². The first-order chi connectivity index (χ1) is 12.8. The average molecular weight is 427 g/mol. The van der Waals surface area contributed by atoms with Crippen LogP contribution >= 0.6 is 23.1 Å². The second kappa shape index (κ2) is 8.30. The second-order valence-electron chi connectivity index (χ2n) is 5.49. The molecule has 2 heterocycles. The van der Waals surface area contributed by atoms with Gasteiger partial charge in [0.1, 0.15) is 5.82 Å². The largest absolute Gasteiger partial charge is 0.292 e. The number of nitrogens with one attached hydrogen (secondary N) is 1. The van der Waals surface area contributed by atoms with Gasteiger partial charge in [-0.15, -0.1) is 21.5 Å². The number of Topliss-reactive ketones (excluding diaryl/α,β-unsaturated/α-hetero) is 1. The van der Waals surface area contributed by atoms with Crippen LogP contribution in [0.5, 0.6) is 0 Å². The van der Waals surface area contributed by atoms with Crippen molar-refractivity contribution in [3.63, 3.8) is 0 Å². The van der Waals surface area contributed by atoms with Gasteiger partial charge in [0.2, 0.25) is 10.0 Å². The first-order valence-corrected chi connectivity index (χ1v) is 11.4. The smallest absolute Gasteiger partial charge is 0.209 e. The predicted molar refractivity (Wildman–Crippen MR) is 102 cm³/mol. The molecule has 0 aliphatic heterocycles. The minimum atomic E-state index is -3.42. The fraction of sp³-hybridized carbons (Fsp3) is 0.188. The number of thiophene rings is 1. The summed E-state index contributed by atoms with van der Waals surface area (Å²) in [6.45, 7) is -0.0807. The molecule has 0 radical (unpaired) electrons. The molecule has 0 saturated carbocycles. The Hall–Kier alpha value is -2.08. The van der Waals surface area contributed by atoms with E-state index in [0.29, 0.717) is 21.5 Å². The lowest BCUT2D eigenvalue weighted by Gasteiger charge is -2.10. The maximum Gasteiger partial charge on any atom is 0.209 e. The zero-order valence-electron chi connectivity index (χ0n) is 14.1. The summed E-state index contributed by atoms with van der Waals surface area (Å²) in [6.07, 6.45) is 1.04. The molecule has 7 nitrogen and oxygen atoms in total. The van der Waals surface area contributed by atoms with Crippen LogP contribution in [0.4, 0.5) is 4.39 Å². The molecule has 0 unspecified atom stereocenters. The number of thioether (sulfide) groups is 1. The Morgan fingerprint density at radius 2 is 2.00 bits per heavy atom. The highest BCUT2D eigenvalue weighted by Crippen LogP contribution is 2.24. The summed E-state index contributed by atoms with van der Waals surface area (Å²) in [4.78, 5) is 12.9. The van der Waals surface area contributed by atoms with E-state index in [1.807, 2.05) is 5.38 Å². The quantitative estimate of drug-likeness (QED) is 0.439. The fourth-order valence-electron chi connectivity index (χ4n) is 2.19. The van der Waals surface area contributed by atoms with Crippen molar-refractivity contribution in [3.05, 3.63) is 58.3 Å². The van der Waals surface area contributed by atoms with Gasteiger partial charge >= 0.3 is 0 Å². The molecule has 0 bridgehead atoms. The van der Waals surface area contributed by atoms with E-state index < -0.39 is 15.8 Å². The van der Waals surface area contributed by atoms with E-state index in [0.717, 1.165) is 6.26 Å². The molecule has 0 amide bonds. The molecule has 142 valence electrons. The van der Waals surface area contributed by atoms with Gasteiger partial charge in [0.05, 0.1) is 23.4 Å². The van der Waals surface area contributed by atoms with E-state index in [9.17, 15) is 17.6 Å². The second-order valence-corrected chi connectivity index (χ2v) is 9.22. The minimum absolute atomic E-state index is 0.0422. The Kier molecular flexibility index (Phi) is 6.05. The predicted octanol–water partition coefficient (Wildman–Crippen LogP) is 2.49. The molecule has 3 rings (SSSR count). The van der Waals surface area contributed by atoms with E-state index in [1.54, 1.807) is 16.7 Å². The Morgan fingerprint density at radius 3 is 2.63 bits per heavy atom. The van der Waals surface area contributed by atoms with Crippen LogP contribution in [0, 0.1) is 5.82 Å². The summed E-state index contributed by atoms with van der Waals surface area (Å²) in [5, 5.41) is 10.3. The molecular weight excluding hydrogens is 411 g/mol. The average Bonchev–Trinajstić information content (AvgIpc) is 3.28. The Morgan fingerprint density at radius 1 is 1.26 bits per heavy atom. The topological polar surface area (TPSA) is 94.0 Å². The van der Waals surface area contributed by atoms with Gasteiger partial charge in [-0.3, -0.25) is 9.36 Å². The van der Waals surface area contributed by atoms with E-state index in [4.69, 9.17) is 0 Å². The van der Waals surface area contributed by atoms with E-state index in [2.05, 4.69) is 14.9 Å². The summed E-state index contributed by atoms with van der Waals surface area (Å²) in [5.41, 5.74) is 0.567. The molecule has 11 heteroatoms. The third kappa shape index (κ3) is 5.22. The highest BCUT2D eigenvalue weighted by molar-refractivity contribution is 7.99. The fourth-order valence-corrected chi connectivity index (χ4v) is 4.19. The van der Waals surface area contributed by atoms with Crippen molar-refractivity contribution in [3.8, 4) is 5.69 Å². The molecule has 3 aromatic rings. The molecule has 2 aromatic heterocycles. The molecule has 0 saturated heterocycles. The van der Waals surface area contributed by atoms with E-state index in [-0.39, 0.29) is 18.1 Å². The van der Waals surface area contributed by atoms with Crippen LogP contribution in [-0.4, -0.2) is 41.0 Å². The summed E-state index contributed by atoms with van der Waals surface area (Å²) < 4.78 is 40.0. The molecule has 0 spiro atoms. The molecule has 0 aliphatic rings. The van der Waals surface area contributed by atoms with E-state index in [1.165, 1.54) is 47.4 Å². The van der Waals surface area contributed by atoms with E-state index >= 15 is 0 Å². The van der Waals surface area contributed by atoms with Gasteiger partial charge in [-0.05, 0) is 35.7 Å². The number of ketones is 1. The highest BCUT2D eigenvalue weighted by atomic mass is 32.2. The summed E-state index contributed by atoms with van der Waals surface area (Å²) >= 11 is 2.54. The van der Waals surface area contributed by atoms with Crippen molar-refractivity contribution < 1.29 is 17.6 Å². The first kappa shape index (κ1) is 19.7. The minimum Gasteiger partial charge on any atom is -0.292 e. The molecule has 1 aromatic carbocycles. The van der Waals surface area contributed by atoms with Crippen LogP contribution in [0.25, 0.3) is 5.69 Å². The number of hydrogen-bond acceptors (Lipinski definition) is 7. The van der Waals surface area contributed by atoms with Gasteiger partial charge in [-0.25, -0.2) is 17.5 Å². The number of benzene rings is 1. The van der Waals surface area contributed by atoms with Crippen molar-refractivity contribution in [2.24, 2.45) is 0 Å². The van der Waals surface area contributed by atoms with Gasteiger partial charge in [-0.1, -0.05) is 17.8 Å². The molecule has 1 N–H and O–H groups in total. The Labute approximate surface area is 163 Å².